The van der Waals surface area contributed by atoms with Gasteiger partial charge in [0.1, 0.15) is 5.75 Å². The summed E-state index contributed by atoms with van der Waals surface area (Å²) >= 11 is 0. The topological polar surface area (TPSA) is 87.5 Å². The van der Waals surface area contributed by atoms with Crippen LogP contribution in [0.2, 0.25) is 0 Å². The third-order valence-electron chi connectivity index (χ3n) is 4.23. The minimum absolute atomic E-state index is 0.172. The highest BCUT2D eigenvalue weighted by Crippen LogP contribution is 2.28. The Hall–Kier alpha value is -3.55. The Morgan fingerprint density at radius 3 is 2.32 bits per heavy atom. The van der Waals surface area contributed by atoms with Crippen molar-refractivity contribution in [2.45, 2.75) is 13.5 Å². The number of aromatic nitrogens is 3. The lowest BCUT2D eigenvalue weighted by Crippen LogP contribution is -2.09. The third kappa shape index (κ3) is 3.90. The molecule has 2 aromatic carbocycles. The first kappa shape index (κ1) is 19.2. The van der Waals surface area contributed by atoms with E-state index in [0.29, 0.717) is 23.9 Å². The van der Waals surface area contributed by atoms with Crippen molar-refractivity contribution in [2.75, 3.05) is 26.6 Å². The van der Waals surface area contributed by atoms with E-state index in [2.05, 4.69) is 15.6 Å². The number of hydrogen-bond acceptors (Lipinski definition) is 7. The van der Waals surface area contributed by atoms with Crippen LogP contribution in [0.5, 0.6) is 17.2 Å². The van der Waals surface area contributed by atoms with Gasteiger partial charge in [0.15, 0.2) is 28.8 Å². The largest absolute Gasteiger partial charge is 0.497 e. The number of ether oxygens (including phenoxy) is 3. The molecule has 0 fully saturated rings. The van der Waals surface area contributed by atoms with Crippen LogP contribution in [0.3, 0.4) is 0 Å². The summed E-state index contributed by atoms with van der Waals surface area (Å²) in [5.41, 5.74) is 1.99. The summed E-state index contributed by atoms with van der Waals surface area (Å²) in [6, 6.07) is 13.0. The van der Waals surface area contributed by atoms with Crippen LogP contribution in [0.4, 0.5) is 5.82 Å². The van der Waals surface area contributed by atoms with Crippen LogP contribution in [-0.4, -0.2) is 42.1 Å². The molecule has 3 aromatic rings. The lowest BCUT2D eigenvalue weighted by molar-refractivity contribution is 0.101. The fourth-order valence-corrected chi connectivity index (χ4v) is 2.76. The minimum Gasteiger partial charge on any atom is -0.497 e. The number of hydrogen-bond donors (Lipinski definition) is 1. The average molecular weight is 382 g/mol. The van der Waals surface area contributed by atoms with Gasteiger partial charge in [-0.25, -0.2) is 0 Å². The zero-order chi connectivity index (χ0) is 20.1. The van der Waals surface area contributed by atoms with Crippen molar-refractivity contribution in [3.63, 3.8) is 0 Å². The molecule has 0 radical (unpaired) electrons. The van der Waals surface area contributed by atoms with Crippen molar-refractivity contribution in [3.05, 3.63) is 53.7 Å². The molecule has 146 valence electrons. The van der Waals surface area contributed by atoms with Crippen molar-refractivity contribution in [1.82, 2.24) is 15.0 Å². The highest BCUT2D eigenvalue weighted by atomic mass is 16.5. The summed E-state index contributed by atoms with van der Waals surface area (Å²) in [4.78, 5) is 12.0. The first-order chi connectivity index (χ1) is 13.6. The van der Waals surface area contributed by atoms with Gasteiger partial charge in [-0.05, 0) is 42.0 Å². The Bertz CT molecular complexity index is 967. The number of rotatable bonds is 8. The molecule has 0 amide bonds. The highest BCUT2D eigenvalue weighted by molar-refractivity contribution is 5.96. The molecule has 0 saturated heterocycles. The van der Waals surface area contributed by atoms with Gasteiger partial charge >= 0.3 is 0 Å². The molecule has 8 heteroatoms. The number of nitrogens with zero attached hydrogens (tertiary/aromatic N) is 3. The number of carbonyl (C=O) groups excluding carboxylic acids is 1. The molecule has 0 atom stereocenters. The molecular formula is C20H22N4O4. The van der Waals surface area contributed by atoms with Crippen LogP contribution >= 0.6 is 0 Å². The van der Waals surface area contributed by atoms with Gasteiger partial charge in [-0.1, -0.05) is 11.3 Å². The van der Waals surface area contributed by atoms with E-state index in [9.17, 15) is 4.79 Å². The molecule has 3 rings (SSSR count). The van der Waals surface area contributed by atoms with E-state index in [1.54, 1.807) is 26.0 Å². The molecule has 0 aliphatic heterocycles. The Morgan fingerprint density at radius 2 is 1.71 bits per heavy atom. The van der Waals surface area contributed by atoms with Gasteiger partial charge in [0.2, 0.25) is 0 Å². The van der Waals surface area contributed by atoms with Gasteiger partial charge in [-0.2, -0.15) is 4.68 Å². The number of Topliss-reactive ketones (excluding diaryl/α,β-unsaturated/α-hetero) is 1. The van der Waals surface area contributed by atoms with Gasteiger partial charge in [0.05, 0.1) is 27.0 Å². The van der Waals surface area contributed by atoms with E-state index in [0.717, 1.165) is 17.0 Å². The summed E-state index contributed by atoms with van der Waals surface area (Å²) in [5, 5.41) is 11.4. The van der Waals surface area contributed by atoms with E-state index in [1.807, 2.05) is 42.5 Å². The molecule has 8 nitrogen and oxygen atoms in total. The van der Waals surface area contributed by atoms with Crippen LogP contribution in [0.25, 0.3) is 5.69 Å². The molecule has 1 N–H and O–H groups in total. The van der Waals surface area contributed by atoms with Gasteiger partial charge in [0, 0.05) is 13.5 Å². The number of carbonyl (C=O) groups is 1. The Morgan fingerprint density at radius 1 is 1.00 bits per heavy atom. The smallest absolute Gasteiger partial charge is 0.183 e. The second kappa shape index (κ2) is 8.43. The highest BCUT2D eigenvalue weighted by Gasteiger charge is 2.18. The number of nitrogens with one attached hydrogen (secondary N) is 1. The number of anilines is 1. The zero-order valence-corrected chi connectivity index (χ0v) is 16.2. The lowest BCUT2D eigenvalue weighted by Gasteiger charge is -2.12. The SMILES string of the molecule is COc1ccc(-n2nnc(C(C)=O)c2NCc2ccc(OC)c(OC)c2)cc1. The van der Waals surface area contributed by atoms with Crippen molar-refractivity contribution >= 4 is 11.6 Å². The maximum Gasteiger partial charge on any atom is 0.183 e. The molecule has 0 bridgehead atoms. The third-order valence-corrected chi connectivity index (χ3v) is 4.23. The second-order valence-electron chi connectivity index (χ2n) is 6.00. The van der Waals surface area contributed by atoms with Crippen LogP contribution in [0, 0.1) is 0 Å². The van der Waals surface area contributed by atoms with E-state index in [1.165, 1.54) is 6.92 Å². The molecule has 0 spiro atoms. The van der Waals surface area contributed by atoms with Crippen LogP contribution in [0.15, 0.2) is 42.5 Å². The van der Waals surface area contributed by atoms with E-state index < -0.39 is 0 Å². The Balaban J connectivity index is 1.90. The predicted octanol–water partition coefficient (Wildman–Crippen LogP) is 3.11. The van der Waals surface area contributed by atoms with Crippen molar-refractivity contribution in [2.24, 2.45) is 0 Å². The second-order valence-corrected chi connectivity index (χ2v) is 6.00. The number of benzene rings is 2. The zero-order valence-electron chi connectivity index (χ0n) is 16.2. The normalized spacial score (nSPS) is 10.4. The molecular weight excluding hydrogens is 360 g/mol. The lowest BCUT2D eigenvalue weighted by atomic mass is 10.2. The van der Waals surface area contributed by atoms with Gasteiger partial charge < -0.3 is 19.5 Å². The fourth-order valence-electron chi connectivity index (χ4n) is 2.76. The van der Waals surface area contributed by atoms with Crippen molar-refractivity contribution < 1.29 is 19.0 Å². The summed E-state index contributed by atoms with van der Waals surface area (Å²) in [5.74, 6) is 2.37. The minimum atomic E-state index is -0.172. The van der Waals surface area contributed by atoms with Gasteiger partial charge in [0.25, 0.3) is 0 Å². The molecule has 0 aliphatic carbocycles. The van der Waals surface area contributed by atoms with E-state index >= 15 is 0 Å². The first-order valence-corrected chi connectivity index (χ1v) is 8.63. The van der Waals surface area contributed by atoms with Gasteiger partial charge in [-0.15, -0.1) is 5.10 Å². The predicted molar refractivity (Wildman–Crippen MR) is 105 cm³/mol. The first-order valence-electron chi connectivity index (χ1n) is 8.63. The van der Waals surface area contributed by atoms with Gasteiger partial charge in [-0.3, -0.25) is 4.79 Å². The van der Waals surface area contributed by atoms with Crippen molar-refractivity contribution in [1.29, 1.82) is 0 Å². The summed E-state index contributed by atoms with van der Waals surface area (Å²) in [7, 11) is 4.79. The van der Waals surface area contributed by atoms with E-state index in [4.69, 9.17) is 14.2 Å². The molecule has 28 heavy (non-hydrogen) atoms. The maximum atomic E-state index is 12.0. The molecule has 1 aromatic heterocycles. The standard InChI is InChI=1S/C20H22N4O4/c1-13(25)19-20(21-12-14-5-10-17(27-3)18(11-14)28-4)24(23-22-19)15-6-8-16(26-2)9-7-15/h5-11,21H,12H2,1-4H3. The van der Waals surface area contributed by atoms with Crippen molar-refractivity contribution in [3.8, 4) is 22.9 Å². The average Bonchev–Trinajstić information content (AvgIpc) is 3.16. The molecule has 1 heterocycles. The van der Waals surface area contributed by atoms with Crippen LogP contribution < -0.4 is 19.5 Å². The quantitative estimate of drug-likeness (QED) is 0.599. The van der Waals surface area contributed by atoms with Crippen LogP contribution in [0.1, 0.15) is 23.0 Å². The number of methoxy groups -OCH3 is 3. The number of ketones is 1. The fraction of sp³-hybridized carbons (Fsp3) is 0.250. The summed E-state index contributed by atoms with van der Waals surface area (Å²) in [6.07, 6.45) is 0. The maximum absolute atomic E-state index is 12.0. The molecule has 0 aliphatic rings. The summed E-state index contributed by atoms with van der Waals surface area (Å²) in [6.45, 7) is 1.91. The Kier molecular flexibility index (Phi) is 5.78. The van der Waals surface area contributed by atoms with Crippen LogP contribution in [-0.2, 0) is 6.54 Å². The molecule has 0 saturated carbocycles. The van der Waals surface area contributed by atoms with E-state index in [-0.39, 0.29) is 11.5 Å². The Labute approximate surface area is 163 Å². The summed E-state index contributed by atoms with van der Waals surface area (Å²) < 4.78 is 17.4. The molecule has 0 unspecified atom stereocenters. The monoisotopic (exact) mass is 382 g/mol.